The van der Waals surface area contributed by atoms with E-state index in [9.17, 15) is 5.26 Å². The van der Waals surface area contributed by atoms with Gasteiger partial charge >= 0.3 is 0 Å². The Labute approximate surface area is 211 Å². The number of nitrogens with zero attached hydrogens (tertiary/aromatic N) is 5. The van der Waals surface area contributed by atoms with Crippen LogP contribution in [0, 0.1) is 16.1 Å². The van der Waals surface area contributed by atoms with E-state index in [0.717, 1.165) is 16.8 Å². The minimum Gasteiger partial charge on any atom is -0.468 e. The summed E-state index contributed by atoms with van der Waals surface area (Å²) in [5.74, 6) is 0.735. The monoisotopic (exact) mass is 496 g/mol. The molecular weight excluding hydrogens is 480 g/mol. The molecule has 0 fully saturated rings. The number of pyridine rings is 2. The van der Waals surface area contributed by atoms with E-state index in [1.54, 1.807) is 29.1 Å². The van der Waals surface area contributed by atoms with Gasteiger partial charge in [-0.2, -0.15) is 10.4 Å². The van der Waals surface area contributed by atoms with E-state index in [4.69, 9.17) is 28.6 Å². The number of hydrogen-bond donors (Lipinski definition) is 1. The predicted octanol–water partition coefficient (Wildman–Crippen LogP) is 6.16. The molecule has 5 rings (SSSR count). The molecule has 0 aliphatic heterocycles. The van der Waals surface area contributed by atoms with Crippen molar-refractivity contribution in [3.05, 3.63) is 106 Å². The number of hydrogen-bond acceptors (Lipinski definition) is 6. The first-order valence-electron chi connectivity index (χ1n) is 10.6. The lowest BCUT2D eigenvalue weighted by Gasteiger charge is -2.14. The van der Waals surface area contributed by atoms with Gasteiger partial charge in [0, 0.05) is 39.8 Å². The van der Waals surface area contributed by atoms with Gasteiger partial charge in [0.1, 0.15) is 11.6 Å². The highest BCUT2D eigenvalue weighted by Gasteiger charge is 2.18. The van der Waals surface area contributed by atoms with Crippen molar-refractivity contribution in [3.8, 4) is 40.0 Å². The van der Waals surface area contributed by atoms with Crippen molar-refractivity contribution in [2.45, 2.75) is 6.61 Å². The zero-order chi connectivity index (χ0) is 24.2. The van der Waals surface area contributed by atoms with Crippen molar-refractivity contribution >= 4 is 23.8 Å². The third-order valence-corrected chi connectivity index (χ3v) is 5.83. The van der Waals surface area contributed by atoms with Crippen molar-refractivity contribution in [1.82, 2.24) is 24.7 Å². The maximum Gasteiger partial charge on any atom is 0.233 e. The van der Waals surface area contributed by atoms with Crippen LogP contribution < -0.4 is 4.74 Å². The van der Waals surface area contributed by atoms with Crippen LogP contribution in [0.4, 0.5) is 0 Å². The number of aromatic nitrogens is 5. The van der Waals surface area contributed by atoms with Gasteiger partial charge in [0.2, 0.25) is 5.88 Å². The fourth-order valence-corrected chi connectivity index (χ4v) is 4.04. The first-order valence-corrected chi connectivity index (χ1v) is 11.4. The van der Waals surface area contributed by atoms with Crippen LogP contribution in [0.1, 0.15) is 11.4 Å². The van der Waals surface area contributed by atoms with E-state index in [-0.39, 0.29) is 12.5 Å². The molecule has 0 saturated carbocycles. The summed E-state index contributed by atoms with van der Waals surface area (Å²) < 4.78 is 8.33. The number of nitriles is 1. The summed E-state index contributed by atoms with van der Waals surface area (Å²) in [7, 11) is 0. The summed E-state index contributed by atoms with van der Waals surface area (Å²) >= 11 is 11.5. The summed E-state index contributed by atoms with van der Waals surface area (Å²) in [4.78, 5) is 8.88. The van der Waals surface area contributed by atoms with E-state index < -0.39 is 0 Å². The quantitative estimate of drug-likeness (QED) is 0.283. The Bertz CT molecular complexity index is 1570. The molecule has 0 unspecified atom stereocenters. The Kier molecular flexibility index (Phi) is 6.35. The molecule has 7 nitrogen and oxygen atoms in total. The molecule has 0 atom stereocenters. The van der Waals surface area contributed by atoms with Gasteiger partial charge in [-0.05, 0) is 48.6 Å². The molecule has 1 N–H and O–H groups in total. The number of ether oxygens (including phenoxy) is 1. The van der Waals surface area contributed by atoms with E-state index in [0.29, 0.717) is 32.4 Å². The normalized spacial score (nSPS) is 10.6. The van der Waals surface area contributed by atoms with E-state index >= 15 is 0 Å². The average Bonchev–Trinajstić information content (AvgIpc) is 3.28. The third kappa shape index (κ3) is 4.68. The zero-order valence-electron chi connectivity index (χ0n) is 18.2. The fourth-order valence-electron chi connectivity index (χ4n) is 3.66. The lowest BCUT2D eigenvalue weighted by atomic mass is 10.00. The van der Waals surface area contributed by atoms with Crippen molar-refractivity contribution in [1.29, 1.82) is 5.26 Å². The highest BCUT2D eigenvalue weighted by Crippen LogP contribution is 2.34. The molecule has 0 spiro atoms. The molecule has 5 aromatic rings. The van der Waals surface area contributed by atoms with Crippen LogP contribution in [-0.4, -0.2) is 24.7 Å². The number of nitrogens with one attached hydrogen (secondary N) is 1. The van der Waals surface area contributed by atoms with Gasteiger partial charge in [0.05, 0.1) is 5.69 Å². The number of benzene rings is 2. The molecule has 35 heavy (non-hydrogen) atoms. The summed E-state index contributed by atoms with van der Waals surface area (Å²) in [5, 5.41) is 17.8. The largest absolute Gasteiger partial charge is 0.468 e. The van der Waals surface area contributed by atoms with Crippen LogP contribution in [0.25, 0.3) is 28.1 Å². The summed E-state index contributed by atoms with van der Waals surface area (Å²) in [6.45, 7) is 0.0419. The predicted molar refractivity (Wildman–Crippen MR) is 136 cm³/mol. The third-order valence-electron chi connectivity index (χ3n) is 5.30. The Morgan fingerprint density at radius 2 is 1.83 bits per heavy atom. The van der Waals surface area contributed by atoms with Gasteiger partial charge in [0.25, 0.3) is 0 Å². The Balaban J connectivity index is 1.59. The minimum absolute atomic E-state index is 0.0419. The fraction of sp³-hybridized carbons (Fsp3) is 0.0385. The Morgan fingerprint density at radius 3 is 2.54 bits per heavy atom. The number of para-hydroxylation sites is 1. The number of halogens is 1. The molecule has 0 aliphatic rings. The number of H-pyrrole nitrogens is 1. The first-order chi connectivity index (χ1) is 17.1. The molecule has 9 heteroatoms. The van der Waals surface area contributed by atoms with Crippen molar-refractivity contribution in [2.75, 3.05) is 0 Å². The molecule has 0 radical (unpaired) electrons. The standard InChI is InChI=1S/C26H17ClN6OS/c27-19-10-8-17(9-11-19)23-13-21(18-5-4-12-29-15-18)22(14-28)25(30-23)34-16-24-31-32-26(35)33(24)20-6-2-1-3-7-20/h1-13,15H,16H2,(H,32,35). The second-order valence-electron chi connectivity index (χ2n) is 7.50. The first kappa shape index (κ1) is 22.5. The topological polar surface area (TPSA) is 92.4 Å². The number of aromatic amines is 1. The summed E-state index contributed by atoms with van der Waals surface area (Å²) in [6.07, 6.45) is 3.38. The second-order valence-corrected chi connectivity index (χ2v) is 8.32. The Morgan fingerprint density at radius 1 is 1.03 bits per heavy atom. The van der Waals surface area contributed by atoms with Crippen LogP contribution >= 0.6 is 23.8 Å². The summed E-state index contributed by atoms with van der Waals surface area (Å²) in [6, 6.07) is 24.7. The Hall–Kier alpha value is -4.32. The SMILES string of the molecule is N#Cc1c(-c2cccnc2)cc(-c2ccc(Cl)cc2)nc1OCc1n[nH]c(=S)n1-c1ccccc1. The van der Waals surface area contributed by atoms with E-state index in [1.807, 2.05) is 60.7 Å². The molecule has 2 aromatic carbocycles. The van der Waals surface area contributed by atoms with Gasteiger partial charge in [-0.3, -0.25) is 14.6 Å². The maximum absolute atomic E-state index is 10.0. The van der Waals surface area contributed by atoms with Crippen LogP contribution in [-0.2, 0) is 6.61 Å². The van der Waals surface area contributed by atoms with Gasteiger partial charge in [-0.15, -0.1) is 0 Å². The highest BCUT2D eigenvalue weighted by atomic mass is 35.5. The maximum atomic E-state index is 10.0. The van der Waals surface area contributed by atoms with E-state index in [2.05, 4.69) is 26.2 Å². The van der Waals surface area contributed by atoms with Gasteiger partial charge in [-0.1, -0.05) is 48.0 Å². The molecule has 0 bridgehead atoms. The van der Waals surface area contributed by atoms with Gasteiger partial charge in [0.15, 0.2) is 17.2 Å². The van der Waals surface area contributed by atoms with Crippen LogP contribution in [0.2, 0.25) is 5.02 Å². The van der Waals surface area contributed by atoms with Crippen molar-refractivity contribution < 1.29 is 4.74 Å². The molecular formula is C26H17ClN6OS. The lowest BCUT2D eigenvalue weighted by Crippen LogP contribution is -2.08. The zero-order valence-corrected chi connectivity index (χ0v) is 19.8. The molecule has 0 saturated heterocycles. The molecule has 0 amide bonds. The molecule has 3 heterocycles. The molecule has 3 aromatic heterocycles. The molecule has 0 aliphatic carbocycles. The van der Waals surface area contributed by atoms with Crippen LogP contribution in [0.5, 0.6) is 5.88 Å². The van der Waals surface area contributed by atoms with Crippen LogP contribution in [0.15, 0.2) is 85.2 Å². The lowest BCUT2D eigenvalue weighted by molar-refractivity contribution is 0.281. The van der Waals surface area contributed by atoms with Gasteiger partial charge in [-0.25, -0.2) is 4.98 Å². The minimum atomic E-state index is 0.0419. The second kappa shape index (κ2) is 9.89. The van der Waals surface area contributed by atoms with Crippen molar-refractivity contribution in [2.24, 2.45) is 0 Å². The van der Waals surface area contributed by atoms with Crippen molar-refractivity contribution in [3.63, 3.8) is 0 Å². The van der Waals surface area contributed by atoms with Gasteiger partial charge < -0.3 is 4.74 Å². The van der Waals surface area contributed by atoms with Crippen LogP contribution in [0.3, 0.4) is 0 Å². The summed E-state index contributed by atoms with van der Waals surface area (Å²) in [5.41, 5.74) is 4.06. The van der Waals surface area contributed by atoms with E-state index in [1.165, 1.54) is 0 Å². The highest BCUT2D eigenvalue weighted by molar-refractivity contribution is 7.71. The molecule has 170 valence electrons. The average molecular weight is 497 g/mol. The number of rotatable bonds is 6. The smallest absolute Gasteiger partial charge is 0.233 e.